The van der Waals surface area contributed by atoms with E-state index in [4.69, 9.17) is 10.8 Å². The van der Waals surface area contributed by atoms with Crippen molar-refractivity contribution in [3.63, 3.8) is 0 Å². The van der Waals surface area contributed by atoms with Crippen molar-refractivity contribution in [1.82, 2.24) is 4.90 Å². The Kier molecular flexibility index (Phi) is 5.05. The first-order chi connectivity index (χ1) is 7.20. The van der Waals surface area contributed by atoms with Crippen molar-refractivity contribution in [3.05, 3.63) is 0 Å². The zero-order chi connectivity index (χ0) is 11.3. The van der Waals surface area contributed by atoms with Gasteiger partial charge >= 0.3 is 0 Å². The highest BCUT2D eigenvalue weighted by atomic mass is 16.3. The first kappa shape index (κ1) is 12.5. The van der Waals surface area contributed by atoms with E-state index in [1.807, 2.05) is 0 Å². The van der Waals surface area contributed by atoms with Gasteiger partial charge in [-0.25, -0.2) is 0 Å². The maximum atomic E-state index is 11.9. The lowest BCUT2D eigenvalue weighted by molar-refractivity contribution is -0.133. The molecule has 1 rings (SSSR count). The number of aliphatic hydroxyl groups excluding tert-OH is 1. The second-order valence-corrected chi connectivity index (χ2v) is 4.24. The van der Waals surface area contributed by atoms with Crippen molar-refractivity contribution in [1.29, 1.82) is 0 Å². The largest absolute Gasteiger partial charge is 0.395 e. The molecule has 0 bridgehead atoms. The summed E-state index contributed by atoms with van der Waals surface area (Å²) in [5.41, 5.74) is 5.83. The summed E-state index contributed by atoms with van der Waals surface area (Å²) in [4.78, 5) is 13.7. The minimum Gasteiger partial charge on any atom is -0.395 e. The summed E-state index contributed by atoms with van der Waals surface area (Å²) in [6.07, 6.45) is 4.93. The van der Waals surface area contributed by atoms with Crippen LogP contribution in [0.15, 0.2) is 0 Å². The normalized spacial score (nSPS) is 17.5. The van der Waals surface area contributed by atoms with Crippen molar-refractivity contribution in [2.24, 2.45) is 5.73 Å². The SMILES string of the molecule is CCCC[C@H](N)C(=O)N(CCO)C1CC1. The molecule has 1 aliphatic rings. The number of hydrogen-bond donors (Lipinski definition) is 2. The Morgan fingerprint density at radius 1 is 1.60 bits per heavy atom. The number of rotatable bonds is 7. The van der Waals surface area contributed by atoms with E-state index in [9.17, 15) is 4.79 Å². The number of amides is 1. The van der Waals surface area contributed by atoms with Gasteiger partial charge in [0.1, 0.15) is 0 Å². The Morgan fingerprint density at radius 3 is 2.73 bits per heavy atom. The van der Waals surface area contributed by atoms with Crippen molar-refractivity contribution in [2.75, 3.05) is 13.2 Å². The summed E-state index contributed by atoms with van der Waals surface area (Å²) in [6.45, 7) is 2.55. The lowest BCUT2D eigenvalue weighted by Gasteiger charge is -2.24. The van der Waals surface area contributed by atoms with Crippen LogP contribution in [0.1, 0.15) is 39.0 Å². The molecule has 0 aliphatic heterocycles. The highest BCUT2D eigenvalue weighted by molar-refractivity contribution is 5.82. The molecule has 1 atom stereocenters. The fraction of sp³-hybridized carbons (Fsp3) is 0.909. The van der Waals surface area contributed by atoms with E-state index < -0.39 is 0 Å². The molecule has 1 saturated carbocycles. The van der Waals surface area contributed by atoms with E-state index >= 15 is 0 Å². The Morgan fingerprint density at radius 2 is 2.27 bits per heavy atom. The Bertz CT molecular complexity index is 205. The molecule has 15 heavy (non-hydrogen) atoms. The monoisotopic (exact) mass is 214 g/mol. The molecule has 0 unspecified atom stereocenters. The Balaban J connectivity index is 2.39. The molecule has 1 aliphatic carbocycles. The number of carbonyl (C=O) groups excluding carboxylic acids is 1. The third-order valence-electron chi connectivity index (χ3n) is 2.80. The van der Waals surface area contributed by atoms with Crippen LogP contribution in [0.3, 0.4) is 0 Å². The summed E-state index contributed by atoms with van der Waals surface area (Å²) in [7, 11) is 0. The number of hydrogen-bond acceptors (Lipinski definition) is 3. The second kappa shape index (κ2) is 6.08. The second-order valence-electron chi connectivity index (χ2n) is 4.24. The van der Waals surface area contributed by atoms with Crippen LogP contribution in [0.5, 0.6) is 0 Å². The van der Waals surface area contributed by atoms with Gasteiger partial charge in [-0.3, -0.25) is 4.79 Å². The van der Waals surface area contributed by atoms with Crippen LogP contribution in [0.25, 0.3) is 0 Å². The minimum absolute atomic E-state index is 0.0139. The zero-order valence-corrected chi connectivity index (χ0v) is 9.48. The lowest BCUT2D eigenvalue weighted by Crippen LogP contribution is -2.46. The molecule has 3 N–H and O–H groups in total. The predicted octanol–water partition coefficient (Wildman–Crippen LogP) is 0.487. The molecule has 0 aromatic rings. The summed E-state index contributed by atoms with van der Waals surface area (Å²) in [5, 5.41) is 8.89. The van der Waals surface area contributed by atoms with Gasteiger partial charge in [0.25, 0.3) is 0 Å². The molecular formula is C11H22N2O2. The predicted molar refractivity (Wildman–Crippen MR) is 59.3 cm³/mol. The zero-order valence-electron chi connectivity index (χ0n) is 9.48. The number of nitrogens with zero attached hydrogens (tertiary/aromatic N) is 1. The molecule has 0 saturated heterocycles. The van der Waals surface area contributed by atoms with E-state index in [0.717, 1.165) is 32.1 Å². The smallest absolute Gasteiger partial charge is 0.239 e. The third kappa shape index (κ3) is 3.80. The number of carbonyl (C=O) groups is 1. The van der Waals surface area contributed by atoms with Gasteiger partial charge in [-0.15, -0.1) is 0 Å². The van der Waals surface area contributed by atoms with Crippen LogP contribution in [0.2, 0.25) is 0 Å². The van der Waals surface area contributed by atoms with Crippen LogP contribution >= 0.6 is 0 Å². The van der Waals surface area contributed by atoms with Gasteiger partial charge in [0.15, 0.2) is 0 Å². The molecule has 0 spiro atoms. The number of nitrogens with two attached hydrogens (primary N) is 1. The Labute approximate surface area is 91.4 Å². The van der Waals surface area contributed by atoms with Gasteiger partial charge in [-0.1, -0.05) is 19.8 Å². The van der Waals surface area contributed by atoms with E-state index in [0.29, 0.717) is 12.6 Å². The highest BCUT2D eigenvalue weighted by Gasteiger charge is 2.33. The molecule has 4 nitrogen and oxygen atoms in total. The fourth-order valence-corrected chi connectivity index (χ4v) is 1.73. The first-order valence-electron chi connectivity index (χ1n) is 5.87. The molecule has 1 fully saturated rings. The topological polar surface area (TPSA) is 66.6 Å². The van der Waals surface area contributed by atoms with Crippen LogP contribution < -0.4 is 5.73 Å². The van der Waals surface area contributed by atoms with Gasteiger partial charge < -0.3 is 15.7 Å². The molecular weight excluding hydrogens is 192 g/mol. The molecule has 0 aromatic heterocycles. The standard InChI is InChI=1S/C11H22N2O2/c1-2-3-4-10(12)11(15)13(7-8-14)9-5-6-9/h9-10,14H,2-8,12H2,1H3/t10-/m0/s1. The van der Waals surface area contributed by atoms with Crippen LogP contribution in [0, 0.1) is 0 Å². The number of unbranched alkanes of at least 4 members (excludes halogenated alkanes) is 1. The first-order valence-corrected chi connectivity index (χ1v) is 5.87. The number of aliphatic hydroxyl groups is 1. The molecule has 1 amide bonds. The fourth-order valence-electron chi connectivity index (χ4n) is 1.73. The van der Waals surface area contributed by atoms with E-state index in [-0.39, 0.29) is 18.6 Å². The molecule has 88 valence electrons. The van der Waals surface area contributed by atoms with Crippen LogP contribution in [0.4, 0.5) is 0 Å². The minimum atomic E-state index is -0.378. The molecule has 0 radical (unpaired) electrons. The van der Waals surface area contributed by atoms with E-state index in [1.165, 1.54) is 0 Å². The van der Waals surface area contributed by atoms with E-state index in [1.54, 1.807) is 4.90 Å². The molecule has 0 aromatic carbocycles. The van der Waals surface area contributed by atoms with Gasteiger partial charge in [-0.05, 0) is 19.3 Å². The summed E-state index contributed by atoms with van der Waals surface area (Å²) < 4.78 is 0. The summed E-state index contributed by atoms with van der Waals surface area (Å²) in [6, 6.07) is -0.0329. The molecule has 0 heterocycles. The quantitative estimate of drug-likeness (QED) is 0.648. The Hall–Kier alpha value is -0.610. The van der Waals surface area contributed by atoms with Crippen molar-refractivity contribution in [2.45, 2.75) is 51.1 Å². The maximum absolute atomic E-state index is 11.9. The highest BCUT2D eigenvalue weighted by Crippen LogP contribution is 2.27. The van der Waals surface area contributed by atoms with Gasteiger partial charge in [0.05, 0.1) is 12.6 Å². The van der Waals surface area contributed by atoms with Crippen molar-refractivity contribution < 1.29 is 9.90 Å². The third-order valence-corrected chi connectivity index (χ3v) is 2.80. The lowest BCUT2D eigenvalue weighted by atomic mass is 10.1. The maximum Gasteiger partial charge on any atom is 0.239 e. The van der Waals surface area contributed by atoms with Crippen molar-refractivity contribution >= 4 is 5.91 Å². The van der Waals surface area contributed by atoms with Crippen LogP contribution in [-0.2, 0) is 4.79 Å². The molecule has 4 heteroatoms. The van der Waals surface area contributed by atoms with Gasteiger partial charge in [-0.2, -0.15) is 0 Å². The average molecular weight is 214 g/mol. The van der Waals surface area contributed by atoms with Gasteiger partial charge in [0.2, 0.25) is 5.91 Å². The van der Waals surface area contributed by atoms with Crippen LogP contribution in [-0.4, -0.2) is 41.1 Å². The van der Waals surface area contributed by atoms with E-state index in [2.05, 4.69) is 6.92 Å². The van der Waals surface area contributed by atoms with Crippen molar-refractivity contribution in [3.8, 4) is 0 Å². The van der Waals surface area contributed by atoms with Gasteiger partial charge in [0, 0.05) is 12.6 Å². The summed E-state index contributed by atoms with van der Waals surface area (Å²) in [5.74, 6) is 0.0139. The average Bonchev–Trinajstić information content (AvgIpc) is 3.05. The summed E-state index contributed by atoms with van der Waals surface area (Å²) >= 11 is 0.